The number of imidazole rings is 1. The molecule has 2 aromatic heterocycles. The molecule has 0 spiro atoms. The molecule has 0 saturated carbocycles. The molecular formula is C12H16N4OS2. The van der Waals surface area contributed by atoms with E-state index in [2.05, 4.69) is 19.9 Å². The summed E-state index contributed by atoms with van der Waals surface area (Å²) in [5.41, 5.74) is 0.508. The average molecular weight is 296 g/mol. The summed E-state index contributed by atoms with van der Waals surface area (Å²) in [6.07, 6.45) is 6.56. The highest BCUT2D eigenvalue weighted by Crippen LogP contribution is 2.19. The van der Waals surface area contributed by atoms with Gasteiger partial charge in [0.1, 0.15) is 15.9 Å². The quantitative estimate of drug-likeness (QED) is 0.656. The highest BCUT2D eigenvalue weighted by molar-refractivity contribution is 8.00. The monoisotopic (exact) mass is 296 g/mol. The Morgan fingerprint density at radius 1 is 1.58 bits per heavy atom. The number of nitrogens with zero attached hydrogens (tertiary/aromatic N) is 3. The van der Waals surface area contributed by atoms with E-state index < -0.39 is 0 Å². The fourth-order valence-corrected chi connectivity index (χ4v) is 2.88. The fraction of sp³-hybridized carbons (Fsp3) is 0.417. The van der Waals surface area contributed by atoms with Crippen molar-refractivity contribution < 1.29 is 4.79 Å². The molecule has 2 rings (SSSR count). The van der Waals surface area contributed by atoms with Crippen LogP contribution in [0.15, 0.2) is 22.1 Å². The van der Waals surface area contributed by atoms with E-state index in [0.717, 1.165) is 23.1 Å². The van der Waals surface area contributed by atoms with Gasteiger partial charge in [-0.1, -0.05) is 11.8 Å². The van der Waals surface area contributed by atoms with Crippen molar-refractivity contribution in [3.8, 4) is 0 Å². The van der Waals surface area contributed by atoms with Crippen molar-refractivity contribution in [3.05, 3.63) is 29.3 Å². The van der Waals surface area contributed by atoms with E-state index in [1.807, 2.05) is 19.4 Å². The lowest BCUT2D eigenvalue weighted by molar-refractivity contribution is 0.0948. The Hall–Kier alpha value is -1.34. The van der Waals surface area contributed by atoms with Crippen LogP contribution in [0.2, 0.25) is 0 Å². The Balaban J connectivity index is 1.73. The number of amides is 1. The maximum atomic E-state index is 11.8. The number of rotatable bonds is 6. The average Bonchev–Trinajstić information content (AvgIpc) is 3.03. The second-order valence-electron chi connectivity index (χ2n) is 3.98. The first-order chi connectivity index (χ1) is 9.20. The molecule has 0 atom stereocenters. The van der Waals surface area contributed by atoms with Crippen LogP contribution in [0.25, 0.3) is 0 Å². The van der Waals surface area contributed by atoms with Crippen molar-refractivity contribution in [3.63, 3.8) is 0 Å². The van der Waals surface area contributed by atoms with E-state index in [9.17, 15) is 4.79 Å². The molecule has 2 aromatic rings. The molecule has 0 aliphatic heterocycles. The van der Waals surface area contributed by atoms with Gasteiger partial charge in [0.2, 0.25) is 0 Å². The van der Waals surface area contributed by atoms with Gasteiger partial charge in [-0.3, -0.25) is 4.79 Å². The number of hydrogen-bond donors (Lipinski definition) is 1. The molecule has 7 heteroatoms. The highest BCUT2D eigenvalue weighted by atomic mass is 32.2. The smallest absolute Gasteiger partial charge is 0.270 e. The predicted molar refractivity (Wildman–Crippen MR) is 77.8 cm³/mol. The van der Waals surface area contributed by atoms with Gasteiger partial charge in [0, 0.05) is 30.9 Å². The Morgan fingerprint density at radius 2 is 2.42 bits per heavy atom. The Labute approximate surface area is 120 Å². The summed E-state index contributed by atoms with van der Waals surface area (Å²) in [6, 6.07) is 0. The third-order valence-electron chi connectivity index (χ3n) is 2.68. The van der Waals surface area contributed by atoms with Crippen molar-refractivity contribution in [2.24, 2.45) is 0 Å². The number of nitrogens with one attached hydrogen (secondary N) is 1. The number of aromatic nitrogens is 3. The zero-order chi connectivity index (χ0) is 13.7. The van der Waals surface area contributed by atoms with Crippen molar-refractivity contribution in [2.75, 3.05) is 12.8 Å². The lowest BCUT2D eigenvalue weighted by Crippen LogP contribution is -2.25. The number of thioether (sulfide) groups is 1. The molecule has 19 heavy (non-hydrogen) atoms. The Morgan fingerprint density at radius 3 is 3.05 bits per heavy atom. The molecule has 1 amide bonds. The first-order valence-corrected chi connectivity index (χ1v) is 8.06. The van der Waals surface area contributed by atoms with E-state index in [4.69, 9.17) is 0 Å². The maximum Gasteiger partial charge on any atom is 0.270 e. The van der Waals surface area contributed by atoms with Gasteiger partial charge in [-0.25, -0.2) is 9.97 Å². The summed E-state index contributed by atoms with van der Waals surface area (Å²) in [7, 11) is 0. The molecule has 0 fully saturated rings. The number of hydrogen-bond acceptors (Lipinski definition) is 5. The van der Waals surface area contributed by atoms with Gasteiger partial charge in [-0.15, -0.1) is 11.3 Å². The molecule has 0 aliphatic rings. The number of aryl methyl sites for hydroxylation is 2. The number of thiazole rings is 1. The summed E-state index contributed by atoms with van der Waals surface area (Å²) < 4.78 is 2.99. The molecule has 2 heterocycles. The highest BCUT2D eigenvalue weighted by Gasteiger charge is 2.09. The van der Waals surface area contributed by atoms with E-state index in [1.165, 1.54) is 11.3 Å². The van der Waals surface area contributed by atoms with Crippen LogP contribution in [0.1, 0.15) is 22.7 Å². The molecule has 0 saturated heterocycles. The summed E-state index contributed by atoms with van der Waals surface area (Å²) in [4.78, 5) is 20.2. The van der Waals surface area contributed by atoms with Gasteiger partial charge in [0.25, 0.3) is 5.91 Å². The van der Waals surface area contributed by atoms with Gasteiger partial charge in [0.05, 0.1) is 0 Å². The van der Waals surface area contributed by atoms with Crippen molar-refractivity contribution >= 4 is 29.0 Å². The molecule has 102 valence electrons. The normalized spacial score (nSPS) is 10.6. The lowest BCUT2D eigenvalue weighted by atomic mass is 10.4. The van der Waals surface area contributed by atoms with Crippen LogP contribution in [0.3, 0.4) is 0 Å². The third-order valence-corrected chi connectivity index (χ3v) is 4.54. The molecule has 0 aromatic carbocycles. The van der Waals surface area contributed by atoms with E-state index in [-0.39, 0.29) is 5.91 Å². The van der Waals surface area contributed by atoms with Gasteiger partial charge in [0.15, 0.2) is 0 Å². The lowest BCUT2D eigenvalue weighted by Gasteiger charge is -2.05. The summed E-state index contributed by atoms with van der Waals surface area (Å²) >= 11 is 3.05. The van der Waals surface area contributed by atoms with E-state index in [1.54, 1.807) is 23.3 Å². The topological polar surface area (TPSA) is 59.8 Å². The summed E-state index contributed by atoms with van der Waals surface area (Å²) in [6.45, 7) is 3.47. The van der Waals surface area contributed by atoms with Crippen LogP contribution in [0.5, 0.6) is 0 Å². The molecule has 0 unspecified atom stereocenters. The molecule has 0 bridgehead atoms. The van der Waals surface area contributed by atoms with Crippen LogP contribution in [0, 0.1) is 6.92 Å². The maximum absolute atomic E-state index is 11.8. The molecule has 0 radical (unpaired) electrons. The first kappa shape index (κ1) is 14.1. The summed E-state index contributed by atoms with van der Waals surface area (Å²) in [5.74, 6) is 0.898. The SMILES string of the molecule is CSc1nc(C(=O)NCCCn2ccnc2C)cs1. The van der Waals surface area contributed by atoms with E-state index in [0.29, 0.717) is 12.2 Å². The fourth-order valence-electron chi connectivity index (χ4n) is 1.64. The van der Waals surface area contributed by atoms with Crippen molar-refractivity contribution in [1.29, 1.82) is 0 Å². The molecule has 5 nitrogen and oxygen atoms in total. The Bertz CT molecular complexity index is 549. The standard InChI is InChI=1S/C12H16N4OS2/c1-9-13-5-7-16(9)6-3-4-14-11(17)10-8-19-12(15-10)18-2/h5,7-8H,3-4,6H2,1-2H3,(H,14,17). The predicted octanol–water partition coefficient (Wildman–Crippen LogP) is 2.19. The minimum absolute atomic E-state index is 0.0982. The van der Waals surface area contributed by atoms with Crippen molar-refractivity contribution in [1.82, 2.24) is 19.9 Å². The van der Waals surface area contributed by atoms with Crippen LogP contribution >= 0.6 is 23.1 Å². The van der Waals surface area contributed by atoms with Gasteiger partial charge >= 0.3 is 0 Å². The van der Waals surface area contributed by atoms with Crippen LogP contribution in [-0.4, -0.2) is 33.2 Å². The molecule has 1 N–H and O–H groups in total. The van der Waals surface area contributed by atoms with Gasteiger partial charge < -0.3 is 9.88 Å². The zero-order valence-corrected chi connectivity index (χ0v) is 12.6. The largest absolute Gasteiger partial charge is 0.351 e. The zero-order valence-electron chi connectivity index (χ0n) is 10.9. The van der Waals surface area contributed by atoms with Crippen LogP contribution in [-0.2, 0) is 6.54 Å². The van der Waals surface area contributed by atoms with Crippen LogP contribution in [0.4, 0.5) is 0 Å². The number of carbonyl (C=O) groups excluding carboxylic acids is 1. The second-order valence-corrected chi connectivity index (χ2v) is 5.89. The van der Waals surface area contributed by atoms with Gasteiger partial charge in [-0.2, -0.15) is 0 Å². The van der Waals surface area contributed by atoms with Gasteiger partial charge in [-0.05, 0) is 19.6 Å². The van der Waals surface area contributed by atoms with Crippen LogP contribution < -0.4 is 5.32 Å². The van der Waals surface area contributed by atoms with Crippen molar-refractivity contribution in [2.45, 2.75) is 24.2 Å². The third kappa shape index (κ3) is 3.81. The Kier molecular flexibility index (Phi) is 4.98. The molecule has 0 aliphatic carbocycles. The first-order valence-electron chi connectivity index (χ1n) is 5.96. The summed E-state index contributed by atoms with van der Waals surface area (Å²) in [5, 5.41) is 4.67. The molecular weight excluding hydrogens is 280 g/mol. The minimum atomic E-state index is -0.0982. The van der Waals surface area contributed by atoms with E-state index >= 15 is 0 Å². The number of carbonyl (C=O) groups is 1. The second kappa shape index (κ2) is 6.72. The minimum Gasteiger partial charge on any atom is -0.351 e.